The van der Waals surface area contributed by atoms with Gasteiger partial charge in [0.05, 0.1) is 18.3 Å². The summed E-state index contributed by atoms with van der Waals surface area (Å²) in [6, 6.07) is 0.377. The van der Waals surface area contributed by atoms with Crippen LogP contribution >= 0.6 is 11.8 Å². The highest BCUT2D eigenvalue weighted by atomic mass is 35.5. The number of amides is 1. The lowest BCUT2D eigenvalue weighted by atomic mass is 10.2. The quantitative estimate of drug-likeness (QED) is 0.485. The number of halogens is 1. The van der Waals surface area contributed by atoms with Crippen LogP contribution in [0.2, 0.25) is 0 Å². The van der Waals surface area contributed by atoms with Crippen molar-refractivity contribution < 1.29 is 4.79 Å². The van der Waals surface area contributed by atoms with Gasteiger partial charge >= 0.3 is 0 Å². The van der Waals surface area contributed by atoms with Crippen LogP contribution in [0.15, 0.2) is 14.7 Å². The fourth-order valence-electron chi connectivity index (χ4n) is 2.40. The Labute approximate surface area is 131 Å². The third-order valence-electron chi connectivity index (χ3n) is 3.21. The van der Waals surface area contributed by atoms with Crippen LogP contribution in [0.3, 0.4) is 0 Å². The van der Waals surface area contributed by atoms with Gasteiger partial charge in [0.1, 0.15) is 0 Å². The van der Waals surface area contributed by atoms with Crippen LogP contribution in [0.1, 0.15) is 27.7 Å². The van der Waals surface area contributed by atoms with Gasteiger partial charge in [0.15, 0.2) is 0 Å². The molecule has 1 heterocycles. The topological polar surface area (TPSA) is 72.7 Å². The molecule has 1 N–H and O–H groups in total. The maximum Gasteiger partial charge on any atom is 0.242 e. The molecule has 0 aromatic carbocycles. The van der Waals surface area contributed by atoms with E-state index in [4.69, 9.17) is 11.8 Å². The van der Waals surface area contributed by atoms with Crippen molar-refractivity contribution in [3.63, 3.8) is 0 Å². The average molecular weight is 317 g/mol. The van der Waals surface area contributed by atoms with Crippen molar-refractivity contribution in [2.75, 3.05) is 32.7 Å². The normalized spacial score (nSPS) is 21.3. The van der Waals surface area contributed by atoms with Crippen molar-refractivity contribution in [3.8, 4) is 0 Å². The highest BCUT2D eigenvalue weighted by Crippen LogP contribution is 2.11. The van der Waals surface area contributed by atoms with E-state index < -0.39 is 0 Å². The number of hydrogen-bond donors (Lipinski definition) is 1. The van der Waals surface area contributed by atoms with Crippen molar-refractivity contribution in [1.29, 1.82) is 0 Å². The zero-order chi connectivity index (χ0) is 15.8. The fourth-order valence-corrected chi connectivity index (χ4v) is 2.47. The largest absolute Gasteiger partial charge is 0.353 e. The van der Waals surface area contributed by atoms with E-state index in [0.29, 0.717) is 19.0 Å². The molecule has 0 spiro atoms. The van der Waals surface area contributed by atoms with Crippen LogP contribution < -0.4 is 5.32 Å². The van der Waals surface area contributed by atoms with E-state index in [-0.39, 0.29) is 18.0 Å². The summed E-state index contributed by atoms with van der Waals surface area (Å²) in [6.07, 6.45) is 0. The molecule has 8 heteroatoms. The summed E-state index contributed by atoms with van der Waals surface area (Å²) in [7, 11) is 0. The van der Waals surface area contributed by atoms with Crippen LogP contribution in [0, 0.1) is 0 Å². The predicted octanol–water partition coefficient (Wildman–Crippen LogP) is 1.50. The summed E-state index contributed by atoms with van der Waals surface area (Å²) < 4.78 is 3.31. The molecule has 21 heavy (non-hydrogen) atoms. The van der Waals surface area contributed by atoms with Gasteiger partial charge in [-0.05, 0) is 27.7 Å². The number of carbonyl (C=O) groups excluding carboxylic acids is 1. The summed E-state index contributed by atoms with van der Waals surface area (Å²) in [4.78, 5) is 20.3. The van der Waals surface area contributed by atoms with Gasteiger partial charge in [-0.2, -0.15) is 0 Å². The SMILES string of the molecule is CC/N=C(\N=N/Cl)N1CCN(CC(=O)NC(C)C)C[C@H]1C. The maximum atomic E-state index is 11.8. The highest BCUT2D eigenvalue weighted by molar-refractivity contribution is 6.14. The van der Waals surface area contributed by atoms with E-state index in [0.717, 1.165) is 19.6 Å². The van der Waals surface area contributed by atoms with E-state index >= 15 is 0 Å². The lowest BCUT2D eigenvalue weighted by Crippen LogP contribution is -2.55. The first kappa shape index (κ1) is 17.8. The van der Waals surface area contributed by atoms with E-state index in [1.54, 1.807) is 0 Å². The van der Waals surface area contributed by atoms with Gasteiger partial charge in [-0.25, -0.2) is 0 Å². The number of guanidine groups is 1. The van der Waals surface area contributed by atoms with Crippen molar-refractivity contribution in [2.24, 2.45) is 14.7 Å². The lowest BCUT2D eigenvalue weighted by Gasteiger charge is -2.39. The number of hydrogen-bond acceptors (Lipinski definition) is 4. The van der Waals surface area contributed by atoms with Gasteiger partial charge in [-0.3, -0.25) is 14.7 Å². The Kier molecular flexibility index (Phi) is 7.60. The average Bonchev–Trinajstić information content (AvgIpc) is 2.37. The molecule has 0 radical (unpaired) electrons. The summed E-state index contributed by atoms with van der Waals surface area (Å²) in [6.45, 7) is 11.3. The van der Waals surface area contributed by atoms with Gasteiger partial charge in [0, 0.05) is 38.3 Å². The van der Waals surface area contributed by atoms with Gasteiger partial charge in [0.25, 0.3) is 0 Å². The van der Waals surface area contributed by atoms with Crippen molar-refractivity contribution >= 4 is 23.6 Å². The zero-order valence-electron chi connectivity index (χ0n) is 13.2. The minimum absolute atomic E-state index is 0.0635. The van der Waals surface area contributed by atoms with Crippen molar-refractivity contribution in [3.05, 3.63) is 0 Å². The van der Waals surface area contributed by atoms with Gasteiger partial charge in [-0.15, -0.1) is 0 Å². The molecule has 1 aliphatic rings. The molecule has 1 amide bonds. The Morgan fingerprint density at radius 1 is 1.43 bits per heavy atom. The lowest BCUT2D eigenvalue weighted by molar-refractivity contribution is -0.123. The minimum Gasteiger partial charge on any atom is -0.353 e. The molecule has 0 aromatic rings. The second-order valence-corrected chi connectivity index (χ2v) is 5.60. The number of aliphatic imine (C=N–C) groups is 1. The van der Waals surface area contributed by atoms with Crippen LogP contribution in [0.4, 0.5) is 0 Å². The zero-order valence-corrected chi connectivity index (χ0v) is 14.0. The molecule has 1 rings (SSSR count). The monoisotopic (exact) mass is 316 g/mol. The molecule has 1 atom stereocenters. The Bertz CT molecular complexity index is 398. The first-order chi connectivity index (χ1) is 9.97. The minimum atomic E-state index is 0.0635. The number of rotatable bonds is 4. The molecule has 0 unspecified atom stereocenters. The molecule has 120 valence electrons. The first-order valence-corrected chi connectivity index (χ1v) is 7.66. The summed E-state index contributed by atoms with van der Waals surface area (Å²) >= 11 is 5.33. The standard InChI is InChI=1S/C13H25ClN6O/c1-5-15-13(17-18-14)20-7-6-19(8-11(20)4)9-12(21)16-10(2)3/h10-11H,5-9H2,1-4H3,(H,16,21)/b15-13+,18-17-/t11-/m1/s1. The number of piperazine rings is 1. The van der Waals surface area contributed by atoms with E-state index in [1.807, 2.05) is 20.8 Å². The van der Waals surface area contributed by atoms with Crippen LogP contribution in [0.25, 0.3) is 0 Å². The molecule has 1 fully saturated rings. The number of nitrogens with zero attached hydrogens (tertiary/aromatic N) is 5. The Morgan fingerprint density at radius 3 is 2.67 bits per heavy atom. The predicted molar refractivity (Wildman–Crippen MR) is 84.6 cm³/mol. The smallest absolute Gasteiger partial charge is 0.242 e. The third-order valence-corrected chi connectivity index (χ3v) is 3.29. The number of nitrogens with one attached hydrogen (secondary N) is 1. The van der Waals surface area contributed by atoms with Crippen LogP contribution in [-0.2, 0) is 4.79 Å². The fraction of sp³-hybridized carbons (Fsp3) is 0.846. The van der Waals surface area contributed by atoms with Gasteiger partial charge in [-0.1, -0.05) is 9.75 Å². The molecule has 1 saturated heterocycles. The summed E-state index contributed by atoms with van der Waals surface area (Å²) in [5.74, 6) is 0.625. The Morgan fingerprint density at radius 2 is 2.14 bits per heavy atom. The molecule has 0 aliphatic carbocycles. The highest BCUT2D eigenvalue weighted by Gasteiger charge is 2.27. The molecule has 0 aromatic heterocycles. The first-order valence-electron chi connectivity index (χ1n) is 7.32. The second-order valence-electron chi connectivity index (χ2n) is 5.45. The molecule has 1 aliphatic heterocycles. The van der Waals surface area contributed by atoms with Gasteiger partial charge in [0.2, 0.25) is 11.9 Å². The van der Waals surface area contributed by atoms with E-state index in [2.05, 4.69) is 36.8 Å². The maximum absolute atomic E-state index is 11.8. The van der Waals surface area contributed by atoms with Crippen LogP contribution in [0.5, 0.6) is 0 Å². The molecule has 0 bridgehead atoms. The summed E-state index contributed by atoms with van der Waals surface area (Å²) in [5, 5.41) is 6.79. The van der Waals surface area contributed by atoms with Crippen LogP contribution in [-0.4, -0.2) is 66.5 Å². The third kappa shape index (κ3) is 5.97. The molecule has 0 saturated carbocycles. The van der Waals surface area contributed by atoms with Crippen molar-refractivity contribution in [1.82, 2.24) is 15.1 Å². The Balaban J connectivity index is 2.57. The Hall–Kier alpha value is -1.21. The van der Waals surface area contributed by atoms with E-state index in [9.17, 15) is 4.79 Å². The van der Waals surface area contributed by atoms with Gasteiger partial charge < -0.3 is 10.2 Å². The number of carbonyl (C=O) groups is 1. The molecule has 7 nitrogen and oxygen atoms in total. The second kappa shape index (κ2) is 8.94. The molecular formula is C13H25ClN6O. The van der Waals surface area contributed by atoms with Crippen molar-refractivity contribution in [2.45, 2.75) is 39.8 Å². The summed E-state index contributed by atoms with van der Waals surface area (Å²) in [5.41, 5.74) is 0. The molecular weight excluding hydrogens is 292 g/mol. The van der Waals surface area contributed by atoms with E-state index in [1.165, 1.54) is 0 Å².